The Balaban J connectivity index is 2.21. The Morgan fingerprint density at radius 1 is 1.28 bits per heavy atom. The third kappa shape index (κ3) is 1.48. The molecule has 0 aromatic heterocycles. The van der Waals surface area contributed by atoms with Crippen molar-refractivity contribution in [2.24, 2.45) is 5.41 Å². The first-order chi connectivity index (χ1) is 8.45. The summed E-state index contributed by atoms with van der Waals surface area (Å²) in [5, 5.41) is 2.55. The van der Waals surface area contributed by atoms with E-state index in [9.17, 15) is 17.6 Å². The molecule has 1 aromatic carbocycles. The third-order valence-corrected chi connectivity index (χ3v) is 5.75. The zero-order valence-corrected chi connectivity index (χ0v) is 10.4. The second-order valence-corrected chi connectivity index (χ2v) is 6.89. The van der Waals surface area contributed by atoms with Crippen LogP contribution in [0.1, 0.15) is 19.3 Å². The Hall–Kier alpha value is -1.43. The summed E-state index contributed by atoms with van der Waals surface area (Å²) in [5.41, 5.74) is -0.798. The number of rotatable bonds is 0. The largest absolute Gasteiger partial charge is 0.324 e. The maximum absolute atomic E-state index is 13.7. The van der Waals surface area contributed by atoms with Crippen molar-refractivity contribution in [3.8, 4) is 0 Å². The lowest BCUT2D eigenvalue weighted by Gasteiger charge is -2.38. The first kappa shape index (κ1) is 11.6. The zero-order valence-electron chi connectivity index (χ0n) is 9.57. The number of amides is 1. The van der Waals surface area contributed by atoms with Crippen molar-refractivity contribution in [3.05, 3.63) is 24.0 Å². The molecule has 0 radical (unpaired) electrons. The number of hydrogen-bond donors (Lipinski definition) is 1. The van der Waals surface area contributed by atoms with Crippen LogP contribution in [0.4, 0.5) is 10.1 Å². The maximum Gasteiger partial charge on any atom is 0.231 e. The number of carbonyl (C=O) groups is 1. The molecule has 1 N–H and O–H groups in total. The van der Waals surface area contributed by atoms with Gasteiger partial charge in [0.1, 0.15) is 10.7 Å². The molecule has 18 heavy (non-hydrogen) atoms. The van der Waals surface area contributed by atoms with E-state index in [1.165, 1.54) is 12.1 Å². The SMILES string of the molecule is O=C1Nc2cccc(F)c2S(=O)(=O)CC12CCC2. The summed E-state index contributed by atoms with van der Waals surface area (Å²) in [7, 11) is -3.77. The van der Waals surface area contributed by atoms with Crippen LogP contribution in [0.25, 0.3) is 0 Å². The highest BCUT2D eigenvalue weighted by molar-refractivity contribution is 7.91. The van der Waals surface area contributed by atoms with E-state index in [1.54, 1.807) is 0 Å². The van der Waals surface area contributed by atoms with Crippen LogP contribution in [0.5, 0.6) is 0 Å². The standard InChI is InChI=1S/C12H12FNO3S/c13-8-3-1-4-9-10(8)18(16,17)7-12(5-2-6-12)11(15)14-9/h1,3-4H,2,5-7H2,(H,14,15). The summed E-state index contributed by atoms with van der Waals surface area (Å²) < 4.78 is 38.2. The molecule has 0 atom stereocenters. The Bertz CT molecular complexity index is 635. The minimum Gasteiger partial charge on any atom is -0.324 e. The zero-order chi connectivity index (χ0) is 13.0. The summed E-state index contributed by atoms with van der Waals surface area (Å²) in [5.74, 6) is -1.40. The van der Waals surface area contributed by atoms with Crippen LogP contribution in [0.15, 0.2) is 23.1 Å². The molecular formula is C12H12FNO3S. The van der Waals surface area contributed by atoms with Crippen LogP contribution >= 0.6 is 0 Å². The number of anilines is 1. The molecule has 0 saturated heterocycles. The molecule has 6 heteroatoms. The average Bonchev–Trinajstić information content (AvgIpc) is 2.31. The molecule has 96 valence electrons. The van der Waals surface area contributed by atoms with E-state index in [2.05, 4.69) is 5.32 Å². The summed E-state index contributed by atoms with van der Waals surface area (Å²) in [6, 6.07) is 3.91. The quantitative estimate of drug-likeness (QED) is 0.780. The van der Waals surface area contributed by atoms with E-state index >= 15 is 0 Å². The minimum absolute atomic E-state index is 0.0591. The number of nitrogens with one attached hydrogen (secondary N) is 1. The Morgan fingerprint density at radius 3 is 2.61 bits per heavy atom. The molecule has 2 aliphatic rings. The predicted octanol–water partition coefficient (Wildman–Crippen LogP) is 1.72. The van der Waals surface area contributed by atoms with Crippen LogP contribution < -0.4 is 5.32 Å². The molecule has 1 aliphatic carbocycles. The van der Waals surface area contributed by atoms with Gasteiger partial charge in [0.25, 0.3) is 0 Å². The van der Waals surface area contributed by atoms with Gasteiger partial charge in [0, 0.05) is 0 Å². The molecule has 1 fully saturated rings. The molecule has 1 heterocycles. The van der Waals surface area contributed by atoms with E-state index in [-0.39, 0.29) is 22.2 Å². The van der Waals surface area contributed by atoms with Crippen LogP contribution in [-0.2, 0) is 14.6 Å². The highest BCUT2D eigenvalue weighted by atomic mass is 32.2. The average molecular weight is 269 g/mol. The number of fused-ring (bicyclic) bond motifs is 1. The van der Waals surface area contributed by atoms with Crippen molar-refractivity contribution in [1.82, 2.24) is 0 Å². The van der Waals surface area contributed by atoms with Crippen molar-refractivity contribution < 1.29 is 17.6 Å². The van der Waals surface area contributed by atoms with Gasteiger partial charge >= 0.3 is 0 Å². The van der Waals surface area contributed by atoms with E-state index in [1.807, 2.05) is 0 Å². The highest BCUT2D eigenvalue weighted by Crippen LogP contribution is 2.46. The fourth-order valence-electron chi connectivity index (χ4n) is 2.65. The molecule has 1 aliphatic heterocycles. The number of halogens is 1. The van der Waals surface area contributed by atoms with E-state index in [0.29, 0.717) is 12.8 Å². The van der Waals surface area contributed by atoms with Crippen molar-refractivity contribution in [2.45, 2.75) is 24.2 Å². The van der Waals surface area contributed by atoms with Crippen molar-refractivity contribution in [3.63, 3.8) is 0 Å². The third-order valence-electron chi connectivity index (χ3n) is 3.78. The summed E-state index contributed by atoms with van der Waals surface area (Å²) in [4.78, 5) is 11.7. The van der Waals surface area contributed by atoms with Crippen molar-refractivity contribution in [2.75, 3.05) is 11.1 Å². The molecule has 0 bridgehead atoms. The van der Waals surface area contributed by atoms with Gasteiger partial charge in [-0.25, -0.2) is 12.8 Å². The molecule has 1 amide bonds. The van der Waals surface area contributed by atoms with E-state index in [4.69, 9.17) is 0 Å². The number of benzene rings is 1. The number of hydrogen-bond acceptors (Lipinski definition) is 3. The summed E-state index contributed by atoms with van der Waals surface area (Å²) in [6.45, 7) is 0. The van der Waals surface area contributed by atoms with Gasteiger partial charge < -0.3 is 5.32 Å². The van der Waals surface area contributed by atoms with E-state index in [0.717, 1.165) is 12.5 Å². The van der Waals surface area contributed by atoms with Gasteiger partial charge in [-0.2, -0.15) is 0 Å². The fourth-order valence-corrected chi connectivity index (χ4v) is 4.77. The van der Waals surface area contributed by atoms with Gasteiger partial charge in [0.05, 0.1) is 16.9 Å². The number of carbonyl (C=O) groups excluding carboxylic acids is 1. The van der Waals surface area contributed by atoms with Gasteiger partial charge in [-0.3, -0.25) is 4.79 Å². The fraction of sp³-hybridized carbons (Fsp3) is 0.417. The van der Waals surface area contributed by atoms with Crippen LogP contribution in [0, 0.1) is 11.2 Å². The van der Waals surface area contributed by atoms with Crippen LogP contribution in [0.3, 0.4) is 0 Å². The second kappa shape index (κ2) is 3.54. The Labute approximate surface area is 104 Å². The van der Waals surface area contributed by atoms with Crippen LogP contribution in [-0.4, -0.2) is 20.1 Å². The molecule has 1 saturated carbocycles. The monoisotopic (exact) mass is 269 g/mol. The van der Waals surface area contributed by atoms with Gasteiger partial charge in [0.15, 0.2) is 9.84 Å². The maximum atomic E-state index is 13.7. The minimum atomic E-state index is -3.77. The number of sulfone groups is 1. The van der Waals surface area contributed by atoms with Gasteiger partial charge in [0.2, 0.25) is 5.91 Å². The molecule has 4 nitrogen and oxygen atoms in total. The van der Waals surface area contributed by atoms with Crippen molar-refractivity contribution >= 4 is 21.4 Å². The van der Waals surface area contributed by atoms with Gasteiger partial charge in [-0.15, -0.1) is 0 Å². The smallest absolute Gasteiger partial charge is 0.231 e. The van der Waals surface area contributed by atoms with E-state index < -0.39 is 21.1 Å². The van der Waals surface area contributed by atoms with Gasteiger partial charge in [-0.1, -0.05) is 12.5 Å². The van der Waals surface area contributed by atoms with Gasteiger partial charge in [-0.05, 0) is 25.0 Å². The lowest BCUT2D eigenvalue weighted by molar-refractivity contribution is -0.128. The first-order valence-electron chi connectivity index (χ1n) is 5.77. The highest BCUT2D eigenvalue weighted by Gasteiger charge is 2.50. The predicted molar refractivity (Wildman–Crippen MR) is 63.4 cm³/mol. The molecular weight excluding hydrogens is 257 g/mol. The Morgan fingerprint density at radius 2 is 2.00 bits per heavy atom. The van der Waals surface area contributed by atoms with Crippen molar-refractivity contribution in [1.29, 1.82) is 0 Å². The normalized spacial score (nSPS) is 23.7. The molecule has 0 unspecified atom stereocenters. The Kier molecular flexibility index (Phi) is 2.29. The summed E-state index contributed by atoms with van der Waals surface area (Å²) in [6.07, 6.45) is 1.93. The topological polar surface area (TPSA) is 63.2 Å². The first-order valence-corrected chi connectivity index (χ1v) is 7.43. The molecule has 3 rings (SSSR count). The molecule has 1 spiro atoms. The molecule has 1 aromatic rings. The van der Waals surface area contributed by atoms with Crippen LogP contribution in [0.2, 0.25) is 0 Å². The second-order valence-electron chi connectivity index (χ2n) is 4.96. The summed E-state index contributed by atoms with van der Waals surface area (Å²) >= 11 is 0. The lowest BCUT2D eigenvalue weighted by Crippen LogP contribution is -2.45. The lowest BCUT2D eigenvalue weighted by atomic mass is 9.69.